The molecule has 1 unspecified atom stereocenters. The topological polar surface area (TPSA) is 101 Å². The molecule has 1 fully saturated rings. The Labute approximate surface area is 176 Å². The standard InChI is InChI=1S/C22H30O8/c1-12(2)6-18(24)29-17-8-16-15(9-26-14(5)23)10-27-21(20(16)22(17)11-28-22)30-19(25)7-13(3)4/h8,10,12-13,17,20-21H,6-7,9,11H2,1-5H3/t17-,20?,21-,22+/m0/s1. The fourth-order valence-electron chi connectivity index (χ4n) is 3.82. The van der Waals surface area contributed by atoms with Crippen molar-refractivity contribution < 1.29 is 38.1 Å². The van der Waals surface area contributed by atoms with Crippen LogP contribution in [0.25, 0.3) is 0 Å². The molecule has 2 aliphatic heterocycles. The summed E-state index contributed by atoms with van der Waals surface area (Å²) in [6.45, 7) is 9.41. The van der Waals surface area contributed by atoms with Gasteiger partial charge in [0.1, 0.15) is 12.2 Å². The Bertz CT molecular complexity index is 759. The van der Waals surface area contributed by atoms with Crippen LogP contribution in [0.5, 0.6) is 0 Å². The highest BCUT2D eigenvalue weighted by Gasteiger charge is 2.67. The number of ether oxygens (including phenoxy) is 5. The minimum Gasteiger partial charge on any atom is -0.461 e. The summed E-state index contributed by atoms with van der Waals surface area (Å²) in [5.74, 6) is -1.28. The van der Waals surface area contributed by atoms with Crippen molar-refractivity contribution in [2.24, 2.45) is 17.8 Å². The molecule has 2 heterocycles. The summed E-state index contributed by atoms with van der Waals surface area (Å²) in [4.78, 5) is 35.9. The Kier molecular flexibility index (Phi) is 6.55. The molecule has 8 heteroatoms. The molecule has 4 atom stereocenters. The van der Waals surface area contributed by atoms with Crippen LogP contribution in [-0.2, 0) is 38.1 Å². The first-order valence-electron chi connectivity index (χ1n) is 10.3. The van der Waals surface area contributed by atoms with Crippen LogP contribution < -0.4 is 0 Å². The number of fused-ring (bicyclic) bond motifs is 2. The van der Waals surface area contributed by atoms with Crippen LogP contribution in [0, 0.1) is 17.8 Å². The summed E-state index contributed by atoms with van der Waals surface area (Å²) in [6, 6.07) is 0. The molecule has 0 N–H and O–H groups in total. The van der Waals surface area contributed by atoms with Crippen LogP contribution in [0.4, 0.5) is 0 Å². The fraction of sp³-hybridized carbons (Fsp3) is 0.682. The summed E-state index contributed by atoms with van der Waals surface area (Å²) in [6.07, 6.45) is 2.26. The molecular formula is C22H30O8. The molecule has 0 saturated carbocycles. The summed E-state index contributed by atoms with van der Waals surface area (Å²) in [5, 5.41) is 0. The molecule has 166 valence electrons. The number of rotatable bonds is 8. The monoisotopic (exact) mass is 422 g/mol. The number of epoxide rings is 1. The molecule has 30 heavy (non-hydrogen) atoms. The summed E-state index contributed by atoms with van der Waals surface area (Å²) >= 11 is 0. The van der Waals surface area contributed by atoms with Crippen molar-refractivity contribution in [2.45, 2.75) is 65.5 Å². The maximum absolute atomic E-state index is 12.3. The first-order valence-corrected chi connectivity index (χ1v) is 10.3. The lowest BCUT2D eigenvalue weighted by Crippen LogP contribution is -2.44. The number of esters is 3. The van der Waals surface area contributed by atoms with Crippen molar-refractivity contribution in [1.29, 1.82) is 0 Å². The minimum atomic E-state index is -0.903. The van der Waals surface area contributed by atoms with Crippen molar-refractivity contribution in [1.82, 2.24) is 0 Å². The van der Waals surface area contributed by atoms with Crippen LogP contribution in [0.3, 0.4) is 0 Å². The first-order chi connectivity index (χ1) is 14.1. The van der Waals surface area contributed by atoms with E-state index < -0.39 is 29.9 Å². The number of carbonyl (C=O) groups is 3. The Morgan fingerprint density at radius 3 is 2.23 bits per heavy atom. The zero-order chi connectivity index (χ0) is 22.1. The van der Waals surface area contributed by atoms with E-state index in [0.29, 0.717) is 18.6 Å². The Morgan fingerprint density at radius 2 is 1.70 bits per heavy atom. The van der Waals surface area contributed by atoms with E-state index >= 15 is 0 Å². The van der Waals surface area contributed by atoms with Gasteiger partial charge in [0.05, 0.1) is 18.8 Å². The normalized spacial score (nSPS) is 29.1. The quantitative estimate of drug-likeness (QED) is 0.334. The van der Waals surface area contributed by atoms with Gasteiger partial charge in [-0.15, -0.1) is 0 Å². The average Bonchev–Trinajstić information content (AvgIpc) is 3.33. The minimum absolute atomic E-state index is 0.00701. The van der Waals surface area contributed by atoms with Gasteiger partial charge in [-0.2, -0.15) is 0 Å². The summed E-state index contributed by atoms with van der Waals surface area (Å²) in [7, 11) is 0. The molecule has 8 nitrogen and oxygen atoms in total. The average molecular weight is 422 g/mol. The van der Waals surface area contributed by atoms with Gasteiger partial charge in [-0.1, -0.05) is 27.7 Å². The molecular weight excluding hydrogens is 392 g/mol. The lowest BCUT2D eigenvalue weighted by molar-refractivity contribution is -0.186. The van der Waals surface area contributed by atoms with Crippen LogP contribution >= 0.6 is 0 Å². The second-order valence-electron chi connectivity index (χ2n) is 8.87. The van der Waals surface area contributed by atoms with Gasteiger partial charge in [0.2, 0.25) is 0 Å². The van der Waals surface area contributed by atoms with Crippen molar-refractivity contribution in [3.63, 3.8) is 0 Å². The highest BCUT2D eigenvalue weighted by Crippen LogP contribution is 2.54. The van der Waals surface area contributed by atoms with E-state index in [1.54, 1.807) is 6.08 Å². The first kappa shape index (κ1) is 22.3. The Hall–Kier alpha value is -2.35. The summed E-state index contributed by atoms with van der Waals surface area (Å²) < 4.78 is 28.0. The van der Waals surface area contributed by atoms with E-state index in [-0.39, 0.29) is 36.8 Å². The van der Waals surface area contributed by atoms with Crippen molar-refractivity contribution in [3.8, 4) is 0 Å². The van der Waals surface area contributed by atoms with Crippen LogP contribution in [0.1, 0.15) is 47.5 Å². The van der Waals surface area contributed by atoms with Gasteiger partial charge in [-0.3, -0.25) is 14.4 Å². The molecule has 3 rings (SSSR count). The third kappa shape index (κ3) is 4.86. The van der Waals surface area contributed by atoms with E-state index in [4.69, 9.17) is 23.7 Å². The molecule has 0 aromatic carbocycles. The maximum Gasteiger partial charge on any atom is 0.309 e. The van der Waals surface area contributed by atoms with Crippen LogP contribution in [-0.4, -0.2) is 49.1 Å². The van der Waals surface area contributed by atoms with Crippen molar-refractivity contribution in [2.75, 3.05) is 13.2 Å². The van der Waals surface area contributed by atoms with Gasteiger partial charge >= 0.3 is 17.9 Å². The molecule has 1 saturated heterocycles. The summed E-state index contributed by atoms with van der Waals surface area (Å²) in [5.41, 5.74) is 0.550. The van der Waals surface area contributed by atoms with Gasteiger partial charge in [-0.25, -0.2) is 0 Å². The zero-order valence-electron chi connectivity index (χ0n) is 18.1. The zero-order valence-corrected chi connectivity index (χ0v) is 18.1. The second kappa shape index (κ2) is 8.79. The Morgan fingerprint density at radius 1 is 1.10 bits per heavy atom. The molecule has 0 aromatic heterocycles. The molecule has 1 spiro atoms. The lowest BCUT2D eigenvalue weighted by atomic mass is 9.85. The predicted octanol–water partition coefficient (Wildman–Crippen LogP) is 2.66. The predicted molar refractivity (Wildman–Crippen MR) is 105 cm³/mol. The third-order valence-corrected chi connectivity index (χ3v) is 5.23. The fourth-order valence-corrected chi connectivity index (χ4v) is 3.82. The van der Waals surface area contributed by atoms with E-state index in [2.05, 4.69) is 0 Å². The largest absolute Gasteiger partial charge is 0.461 e. The van der Waals surface area contributed by atoms with Crippen molar-refractivity contribution in [3.05, 3.63) is 23.5 Å². The Balaban J connectivity index is 1.83. The maximum atomic E-state index is 12.3. The van der Waals surface area contributed by atoms with Gasteiger partial charge in [0.15, 0.2) is 6.10 Å². The smallest absolute Gasteiger partial charge is 0.309 e. The van der Waals surface area contributed by atoms with Gasteiger partial charge in [-0.05, 0) is 23.5 Å². The van der Waals surface area contributed by atoms with Gasteiger partial charge < -0.3 is 23.7 Å². The number of hydrogen-bond donors (Lipinski definition) is 0. The molecule has 0 radical (unpaired) electrons. The van der Waals surface area contributed by atoms with Gasteiger partial charge in [0.25, 0.3) is 6.29 Å². The molecule has 0 bridgehead atoms. The molecule has 1 aliphatic carbocycles. The highest BCUT2D eigenvalue weighted by molar-refractivity contribution is 5.71. The van der Waals surface area contributed by atoms with Crippen LogP contribution in [0.2, 0.25) is 0 Å². The second-order valence-corrected chi connectivity index (χ2v) is 8.87. The van der Waals surface area contributed by atoms with E-state index in [0.717, 1.165) is 5.57 Å². The third-order valence-electron chi connectivity index (χ3n) is 5.23. The molecule has 0 aromatic rings. The number of carbonyl (C=O) groups excluding carboxylic acids is 3. The van der Waals surface area contributed by atoms with E-state index in [1.807, 2.05) is 27.7 Å². The molecule has 3 aliphatic rings. The lowest BCUT2D eigenvalue weighted by Gasteiger charge is -2.33. The van der Waals surface area contributed by atoms with Crippen LogP contribution in [0.15, 0.2) is 23.5 Å². The number of hydrogen-bond acceptors (Lipinski definition) is 8. The molecule has 0 amide bonds. The SMILES string of the molecule is CC(=O)OCC1=CO[C@@H](OC(=O)CC(C)C)C2C1=C[C@H](OC(=O)CC(C)C)[C@]21CO1. The van der Waals surface area contributed by atoms with Crippen molar-refractivity contribution >= 4 is 17.9 Å². The van der Waals surface area contributed by atoms with E-state index in [1.165, 1.54) is 13.2 Å². The van der Waals surface area contributed by atoms with E-state index in [9.17, 15) is 14.4 Å². The van der Waals surface area contributed by atoms with Gasteiger partial charge in [0, 0.05) is 25.3 Å². The highest BCUT2D eigenvalue weighted by atomic mass is 16.7.